The lowest BCUT2D eigenvalue weighted by atomic mass is 9.96. The maximum atomic E-state index is 13.0. The molecular weight excluding hydrogens is 406 g/mol. The summed E-state index contributed by atoms with van der Waals surface area (Å²) in [5.41, 5.74) is 1.33. The Balaban J connectivity index is 1.72. The molecule has 1 saturated heterocycles. The minimum absolute atomic E-state index is 0.202. The third-order valence-corrected chi connectivity index (χ3v) is 7.11. The number of rotatable bonds is 5. The normalized spacial score (nSPS) is 16.4. The van der Waals surface area contributed by atoms with Crippen LogP contribution in [0.4, 0.5) is 0 Å². The molecule has 1 aliphatic heterocycles. The standard InChI is InChI=1S/C19H27N7O3S/c1-5-25-16-7-6-14(30(27,28)24-8-10-29-11-9-24)12-15(16)20-17(25)13-26-18(19(2,3)4)21-22-23-26/h6-7,12H,5,8-11,13H2,1-4H3. The van der Waals surface area contributed by atoms with E-state index < -0.39 is 10.0 Å². The molecule has 0 aliphatic carbocycles. The van der Waals surface area contributed by atoms with E-state index in [4.69, 9.17) is 9.72 Å². The molecule has 1 fully saturated rings. The molecule has 0 N–H and O–H groups in total. The molecule has 0 saturated carbocycles. The van der Waals surface area contributed by atoms with Crippen molar-refractivity contribution in [2.75, 3.05) is 26.3 Å². The number of hydrogen-bond acceptors (Lipinski definition) is 7. The molecule has 11 heteroatoms. The average Bonchev–Trinajstić information content (AvgIpc) is 3.32. The monoisotopic (exact) mass is 433 g/mol. The molecule has 10 nitrogen and oxygen atoms in total. The van der Waals surface area contributed by atoms with Gasteiger partial charge in [-0.15, -0.1) is 5.10 Å². The summed E-state index contributed by atoms with van der Waals surface area (Å²) >= 11 is 0. The fourth-order valence-electron chi connectivity index (χ4n) is 3.71. The first-order chi connectivity index (χ1) is 14.2. The first-order valence-electron chi connectivity index (χ1n) is 10.1. The number of sulfonamides is 1. The molecular formula is C19H27N7O3S. The Hall–Kier alpha value is -2.37. The van der Waals surface area contributed by atoms with E-state index in [9.17, 15) is 8.42 Å². The van der Waals surface area contributed by atoms with Gasteiger partial charge in [0.25, 0.3) is 0 Å². The number of aromatic nitrogens is 6. The third kappa shape index (κ3) is 3.72. The molecule has 1 aliphatic rings. The lowest BCUT2D eigenvalue weighted by Gasteiger charge is -2.26. The van der Waals surface area contributed by atoms with Crippen molar-refractivity contribution in [3.05, 3.63) is 29.8 Å². The molecule has 0 bridgehead atoms. The smallest absolute Gasteiger partial charge is 0.243 e. The Bertz CT molecular complexity index is 1150. The van der Waals surface area contributed by atoms with Gasteiger partial charge in [0.2, 0.25) is 10.0 Å². The summed E-state index contributed by atoms with van der Waals surface area (Å²) in [4.78, 5) is 4.99. The summed E-state index contributed by atoms with van der Waals surface area (Å²) in [6.45, 7) is 10.9. The molecule has 162 valence electrons. The topological polar surface area (TPSA) is 108 Å². The maximum absolute atomic E-state index is 13.0. The highest BCUT2D eigenvalue weighted by Gasteiger charge is 2.27. The summed E-state index contributed by atoms with van der Waals surface area (Å²) in [6, 6.07) is 5.13. The lowest BCUT2D eigenvalue weighted by molar-refractivity contribution is 0.0730. The van der Waals surface area contributed by atoms with E-state index in [1.165, 1.54) is 4.31 Å². The van der Waals surface area contributed by atoms with Crippen LogP contribution in [0.5, 0.6) is 0 Å². The summed E-state index contributed by atoms with van der Waals surface area (Å²) in [6.07, 6.45) is 0. The largest absolute Gasteiger partial charge is 0.379 e. The number of nitrogens with zero attached hydrogens (tertiary/aromatic N) is 7. The maximum Gasteiger partial charge on any atom is 0.243 e. The van der Waals surface area contributed by atoms with Gasteiger partial charge in [0.15, 0.2) is 5.82 Å². The van der Waals surface area contributed by atoms with Gasteiger partial charge in [-0.25, -0.2) is 18.1 Å². The molecule has 3 aromatic rings. The molecule has 0 spiro atoms. The molecule has 4 rings (SSSR count). The van der Waals surface area contributed by atoms with Crippen molar-refractivity contribution in [3.63, 3.8) is 0 Å². The van der Waals surface area contributed by atoms with Crippen LogP contribution < -0.4 is 0 Å². The first kappa shape index (κ1) is 20.9. The fourth-order valence-corrected chi connectivity index (χ4v) is 5.14. The minimum Gasteiger partial charge on any atom is -0.379 e. The van der Waals surface area contributed by atoms with E-state index in [-0.39, 0.29) is 10.3 Å². The van der Waals surface area contributed by atoms with Crippen molar-refractivity contribution < 1.29 is 13.2 Å². The summed E-state index contributed by atoms with van der Waals surface area (Å²) in [5, 5.41) is 12.1. The summed E-state index contributed by atoms with van der Waals surface area (Å²) in [7, 11) is -3.57. The Kier molecular flexibility index (Phi) is 5.37. The molecule has 2 aromatic heterocycles. The number of fused-ring (bicyclic) bond motifs is 1. The van der Waals surface area contributed by atoms with E-state index >= 15 is 0 Å². The first-order valence-corrected chi connectivity index (χ1v) is 11.5. The number of hydrogen-bond donors (Lipinski definition) is 0. The molecule has 30 heavy (non-hydrogen) atoms. The predicted octanol–water partition coefficient (Wildman–Crippen LogP) is 1.41. The van der Waals surface area contributed by atoms with Crippen molar-refractivity contribution in [1.29, 1.82) is 0 Å². The Morgan fingerprint density at radius 2 is 1.90 bits per heavy atom. The van der Waals surface area contributed by atoms with Crippen LogP contribution >= 0.6 is 0 Å². The van der Waals surface area contributed by atoms with E-state index in [0.29, 0.717) is 44.9 Å². The van der Waals surface area contributed by atoms with Crippen LogP contribution in [0.2, 0.25) is 0 Å². The molecule has 3 heterocycles. The molecule has 1 aromatic carbocycles. The van der Waals surface area contributed by atoms with Gasteiger partial charge < -0.3 is 9.30 Å². The predicted molar refractivity (Wildman–Crippen MR) is 111 cm³/mol. The van der Waals surface area contributed by atoms with Crippen LogP contribution in [-0.4, -0.2) is 68.8 Å². The zero-order valence-electron chi connectivity index (χ0n) is 17.7. The van der Waals surface area contributed by atoms with Crippen LogP contribution in [0.25, 0.3) is 11.0 Å². The van der Waals surface area contributed by atoms with Crippen molar-refractivity contribution >= 4 is 21.1 Å². The minimum atomic E-state index is -3.57. The second kappa shape index (κ2) is 7.71. The second-order valence-electron chi connectivity index (χ2n) is 8.35. The van der Waals surface area contributed by atoms with E-state index in [2.05, 4.69) is 40.9 Å². The highest BCUT2D eigenvalue weighted by Crippen LogP contribution is 2.25. The number of benzene rings is 1. The summed E-state index contributed by atoms with van der Waals surface area (Å²) in [5.74, 6) is 1.55. The molecule has 0 radical (unpaired) electrons. The van der Waals surface area contributed by atoms with Gasteiger partial charge in [-0.1, -0.05) is 20.8 Å². The molecule has 0 amide bonds. The van der Waals surface area contributed by atoms with Crippen LogP contribution in [-0.2, 0) is 33.3 Å². The Morgan fingerprint density at radius 3 is 2.57 bits per heavy atom. The van der Waals surface area contributed by atoms with Crippen molar-refractivity contribution in [2.24, 2.45) is 0 Å². The van der Waals surface area contributed by atoms with Crippen LogP contribution in [0.1, 0.15) is 39.3 Å². The van der Waals surface area contributed by atoms with Gasteiger partial charge in [-0.05, 0) is 35.5 Å². The highest BCUT2D eigenvalue weighted by molar-refractivity contribution is 7.89. The zero-order valence-corrected chi connectivity index (χ0v) is 18.6. The highest BCUT2D eigenvalue weighted by atomic mass is 32.2. The Labute approximate surface area is 175 Å². The number of ether oxygens (including phenoxy) is 1. The van der Waals surface area contributed by atoms with Gasteiger partial charge in [0.1, 0.15) is 12.4 Å². The third-order valence-electron chi connectivity index (χ3n) is 5.22. The van der Waals surface area contributed by atoms with Crippen molar-refractivity contribution in [1.82, 2.24) is 34.1 Å². The van der Waals surface area contributed by atoms with E-state index in [1.807, 2.05) is 13.0 Å². The SMILES string of the molecule is CCn1c(Cn2nnnc2C(C)(C)C)nc2cc(S(=O)(=O)N3CCOCC3)ccc21. The lowest BCUT2D eigenvalue weighted by Crippen LogP contribution is -2.40. The van der Waals surface area contributed by atoms with Crippen LogP contribution in [0, 0.1) is 0 Å². The van der Waals surface area contributed by atoms with Gasteiger partial charge >= 0.3 is 0 Å². The second-order valence-corrected chi connectivity index (χ2v) is 10.3. The summed E-state index contributed by atoms with van der Waals surface area (Å²) < 4.78 is 36.6. The molecule has 0 unspecified atom stereocenters. The zero-order chi connectivity index (χ0) is 21.5. The van der Waals surface area contributed by atoms with Crippen molar-refractivity contribution in [3.8, 4) is 0 Å². The van der Waals surface area contributed by atoms with Gasteiger partial charge in [0, 0.05) is 25.0 Å². The van der Waals surface area contributed by atoms with Gasteiger partial charge in [-0.3, -0.25) is 0 Å². The fraction of sp³-hybridized carbons (Fsp3) is 0.579. The quantitative estimate of drug-likeness (QED) is 0.598. The van der Waals surface area contributed by atoms with Gasteiger partial charge in [0.05, 0.1) is 29.1 Å². The number of morpholine rings is 1. The number of tetrazole rings is 1. The van der Waals surface area contributed by atoms with E-state index in [0.717, 1.165) is 17.2 Å². The molecule has 0 atom stereocenters. The van der Waals surface area contributed by atoms with Crippen LogP contribution in [0.3, 0.4) is 0 Å². The van der Waals surface area contributed by atoms with Crippen LogP contribution in [0.15, 0.2) is 23.1 Å². The number of imidazole rings is 1. The number of aryl methyl sites for hydroxylation is 1. The Morgan fingerprint density at radius 1 is 1.17 bits per heavy atom. The van der Waals surface area contributed by atoms with E-state index in [1.54, 1.807) is 16.8 Å². The van der Waals surface area contributed by atoms with Gasteiger partial charge in [-0.2, -0.15) is 4.31 Å². The van der Waals surface area contributed by atoms with Crippen molar-refractivity contribution in [2.45, 2.75) is 51.1 Å². The average molecular weight is 434 g/mol.